The Kier molecular flexibility index (Phi) is 3.12. The van der Waals surface area contributed by atoms with Crippen molar-refractivity contribution in [3.8, 4) is 11.5 Å². The average Bonchev–Trinajstić information content (AvgIpc) is 3.31. The lowest BCUT2D eigenvalue weighted by atomic mass is 9.73. The molecule has 0 radical (unpaired) electrons. The zero-order valence-electron chi connectivity index (χ0n) is 13.4. The third-order valence-electron chi connectivity index (χ3n) is 5.17. The Bertz CT molecular complexity index is 858. The van der Waals surface area contributed by atoms with E-state index in [1.54, 1.807) is 0 Å². The minimum atomic E-state index is 0.325. The molecule has 2 unspecified atom stereocenters. The zero-order valence-corrected chi connectivity index (χ0v) is 13.4. The maximum absolute atomic E-state index is 5.59. The number of allylic oxidation sites excluding steroid dienone is 6. The van der Waals surface area contributed by atoms with E-state index in [0.29, 0.717) is 18.6 Å². The van der Waals surface area contributed by atoms with Gasteiger partial charge in [0.2, 0.25) is 6.79 Å². The normalized spacial score (nSPS) is 24.3. The molecular weight excluding hydrogens is 298 g/mol. The molecule has 2 atom stereocenters. The topological polar surface area (TPSA) is 23.4 Å². The first-order valence-corrected chi connectivity index (χ1v) is 8.51. The lowest BCUT2D eigenvalue weighted by molar-refractivity contribution is 0.174. The van der Waals surface area contributed by atoms with Crippen LogP contribution in [0.2, 0.25) is 0 Å². The summed E-state index contributed by atoms with van der Waals surface area (Å²) in [6.45, 7) is 0.325. The molecule has 3 heteroatoms. The van der Waals surface area contributed by atoms with E-state index in [1.165, 1.54) is 23.3 Å². The molecule has 24 heavy (non-hydrogen) atoms. The lowest BCUT2D eigenvalue weighted by Crippen LogP contribution is -2.19. The molecule has 2 aromatic rings. The van der Waals surface area contributed by atoms with Crippen molar-refractivity contribution >= 4 is 5.70 Å². The van der Waals surface area contributed by atoms with Crippen LogP contribution in [0.1, 0.15) is 24.3 Å². The Morgan fingerprint density at radius 2 is 1.92 bits per heavy atom. The summed E-state index contributed by atoms with van der Waals surface area (Å²) in [4.78, 5) is 0. The third-order valence-corrected chi connectivity index (χ3v) is 5.17. The highest BCUT2D eigenvalue weighted by Crippen LogP contribution is 2.45. The highest BCUT2D eigenvalue weighted by atomic mass is 16.7. The molecule has 1 aliphatic heterocycles. The van der Waals surface area contributed by atoms with Crippen LogP contribution in [0.5, 0.6) is 11.5 Å². The smallest absolute Gasteiger partial charge is 0.231 e. The van der Waals surface area contributed by atoms with Gasteiger partial charge in [-0.2, -0.15) is 0 Å². The fraction of sp³-hybridized carbons (Fsp3) is 0.238. The third kappa shape index (κ3) is 2.20. The Balaban J connectivity index is 1.60. The highest BCUT2D eigenvalue weighted by Gasteiger charge is 2.30. The van der Waals surface area contributed by atoms with Gasteiger partial charge in [-0.05, 0) is 60.2 Å². The second-order valence-corrected chi connectivity index (χ2v) is 6.55. The summed E-state index contributed by atoms with van der Waals surface area (Å²) in [6, 6.07) is 10.5. The van der Waals surface area contributed by atoms with Gasteiger partial charge in [0.25, 0.3) is 0 Å². The maximum Gasteiger partial charge on any atom is 0.231 e. The maximum atomic E-state index is 5.59. The largest absolute Gasteiger partial charge is 0.454 e. The first kappa shape index (κ1) is 13.7. The minimum absolute atomic E-state index is 0.325. The zero-order chi connectivity index (χ0) is 15.9. The van der Waals surface area contributed by atoms with Crippen molar-refractivity contribution < 1.29 is 9.47 Å². The first-order valence-electron chi connectivity index (χ1n) is 8.51. The Morgan fingerprint density at radius 3 is 2.83 bits per heavy atom. The minimum Gasteiger partial charge on any atom is -0.454 e. The van der Waals surface area contributed by atoms with Crippen LogP contribution in [0.15, 0.2) is 72.6 Å². The van der Waals surface area contributed by atoms with E-state index in [9.17, 15) is 0 Å². The SMILES string of the molecule is C1=CC2=CC(n3cccc3)=CC(c3ccc4c(c3)OCO4)C2CC1. The molecule has 3 aliphatic rings. The van der Waals surface area contributed by atoms with Crippen LogP contribution in [0.25, 0.3) is 5.70 Å². The van der Waals surface area contributed by atoms with Crippen molar-refractivity contribution in [2.45, 2.75) is 18.8 Å². The molecule has 120 valence electrons. The van der Waals surface area contributed by atoms with Gasteiger partial charge in [-0.1, -0.05) is 24.3 Å². The Hall–Kier alpha value is -2.68. The molecule has 0 fully saturated rings. The molecule has 5 rings (SSSR count). The van der Waals surface area contributed by atoms with Crippen molar-refractivity contribution in [3.05, 3.63) is 78.2 Å². The molecule has 1 aromatic carbocycles. The van der Waals surface area contributed by atoms with Gasteiger partial charge < -0.3 is 14.0 Å². The number of ether oxygens (including phenoxy) is 2. The van der Waals surface area contributed by atoms with E-state index in [-0.39, 0.29) is 0 Å². The van der Waals surface area contributed by atoms with Crippen molar-refractivity contribution in [1.82, 2.24) is 4.57 Å². The van der Waals surface area contributed by atoms with Crippen molar-refractivity contribution in [2.24, 2.45) is 5.92 Å². The van der Waals surface area contributed by atoms with Crippen LogP contribution in [-0.2, 0) is 0 Å². The predicted molar refractivity (Wildman–Crippen MR) is 94.0 cm³/mol. The van der Waals surface area contributed by atoms with Gasteiger partial charge in [-0.15, -0.1) is 0 Å². The molecule has 2 aliphatic carbocycles. The molecular formula is C21H19NO2. The van der Waals surface area contributed by atoms with Crippen LogP contribution < -0.4 is 9.47 Å². The summed E-state index contributed by atoms with van der Waals surface area (Å²) in [5, 5.41) is 0. The van der Waals surface area contributed by atoms with Crippen molar-refractivity contribution in [3.63, 3.8) is 0 Å². The summed E-state index contributed by atoms with van der Waals surface area (Å²) in [7, 11) is 0. The van der Waals surface area contributed by atoms with Gasteiger partial charge in [0.05, 0.1) is 0 Å². The van der Waals surface area contributed by atoms with Crippen molar-refractivity contribution in [1.29, 1.82) is 0 Å². The predicted octanol–water partition coefficient (Wildman–Crippen LogP) is 4.75. The van der Waals surface area contributed by atoms with Gasteiger partial charge in [-0.3, -0.25) is 0 Å². The average molecular weight is 317 g/mol. The summed E-state index contributed by atoms with van der Waals surface area (Å²) in [5.74, 6) is 2.62. The van der Waals surface area contributed by atoms with Crippen LogP contribution in [0.3, 0.4) is 0 Å². The highest BCUT2D eigenvalue weighted by molar-refractivity contribution is 5.65. The second kappa shape index (κ2) is 5.45. The van der Waals surface area contributed by atoms with Crippen LogP contribution in [0.4, 0.5) is 0 Å². The number of aromatic nitrogens is 1. The van der Waals surface area contributed by atoms with E-state index in [4.69, 9.17) is 9.47 Å². The van der Waals surface area contributed by atoms with Crippen LogP contribution in [-0.4, -0.2) is 11.4 Å². The fourth-order valence-corrected chi connectivity index (χ4v) is 3.96. The molecule has 2 heterocycles. The first-order chi connectivity index (χ1) is 11.9. The standard InChI is InChI=1S/C21H19NO2/c1-2-6-18-15(5-1)11-17(22-9-3-4-10-22)13-19(18)16-7-8-20-21(12-16)24-14-23-20/h1,3-5,7-13,18-19H,2,6,14H2. The molecule has 0 amide bonds. The van der Waals surface area contributed by atoms with Gasteiger partial charge in [0.1, 0.15) is 0 Å². The van der Waals surface area contributed by atoms with Crippen LogP contribution >= 0.6 is 0 Å². The van der Waals surface area contributed by atoms with Gasteiger partial charge in [-0.25, -0.2) is 0 Å². The van der Waals surface area contributed by atoms with Crippen LogP contribution in [0, 0.1) is 5.92 Å². The van der Waals surface area contributed by atoms with Gasteiger partial charge >= 0.3 is 0 Å². The summed E-state index contributed by atoms with van der Waals surface area (Å²) < 4.78 is 13.2. The summed E-state index contributed by atoms with van der Waals surface area (Å²) >= 11 is 0. The number of hydrogen-bond acceptors (Lipinski definition) is 2. The number of rotatable bonds is 2. The summed E-state index contributed by atoms with van der Waals surface area (Å²) in [6.07, 6.45) is 15.8. The van der Waals surface area contributed by atoms with Gasteiger partial charge in [0.15, 0.2) is 11.5 Å². The van der Waals surface area contributed by atoms with E-state index in [0.717, 1.165) is 17.9 Å². The van der Waals surface area contributed by atoms with E-state index in [2.05, 4.69) is 65.5 Å². The Morgan fingerprint density at radius 1 is 1.04 bits per heavy atom. The molecule has 0 spiro atoms. The number of nitrogens with zero attached hydrogens (tertiary/aromatic N) is 1. The number of benzene rings is 1. The fourth-order valence-electron chi connectivity index (χ4n) is 3.96. The van der Waals surface area contributed by atoms with Crippen molar-refractivity contribution in [2.75, 3.05) is 6.79 Å². The molecule has 3 nitrogen and oxygen atoms in total. The summed E-state index contributed by atoms with van der Waals surface area (Å²) in [5.41, 5.74) is 3.96. The second-order valence-electron chi connectivity index (χ2n) is 6.55. The van der Waals surface area contributed by atoms with Gasteiger partial charge in [0, 0.05) is 24.0 Å². The molecule has 1 aromatic heterocycles. The van der Waals surface area contributed by atoms with E-state index < -0.39 is 0 Å². The van der Waals surface area contributed by atoms with E-state index in [1.807, 2.05) is 6.07 Å². The number of fused-ring (bicyclic) bond motifs is 2. The Labute approximate surface area is 141 Å². The van der Waals surface area contributed by atoms with E-state index >= 15 is 0 Å². The monoisotopic (exact) mass is 317 g/mol. The molecule has 0 saturated heterocycles. The quantitative estimate of drug-likeness (QED) is 0.798. The molecule has 0 bridgehead atoms. The lowest BCUT2D eigenvalue weighted by Gasteiger charge is -2.33. The number of hydrogen-bond donors (Lipinski definition) is 0. The molecule has 0 saturated carbocycles. The molecule has 0 N–H and O–H groups in total.